The van der Waals surface area contributed by atoms with E-state index in [1.54, 1.807) is 12.1 Å². The molecule has 0 spiro atoms. The summed E-state index contributed by atoms with van der Waals surface area (Å²) < 4.78 is 37.9. The van der Waals surface area contributed by atoms with Crippen molar-refractivity contribution < 1.29 is 18.0 Å². The van der Waals surface area contributed by atoms with Gasteiger partial charge in [-0.25, -0.2) is 9.78 Å². The number of halogens is 4. The summed E-state index contributed by atoms with van der Waals surface area (Å²) in [5.74, 6) is 0.322. The van der Waals surface area contributed by atoms with Gasteiger partial charge in [0.25, 0.3) is 0 Å². The molecule has 110 valence electrons. The summed E-state index contributed by atoms with van der Waals surface area (Å²) in [4.78, 5) is 15.6. The molecule has 2 N–H and O–H groups in total. The largest absolute Gasteiger partial charge is 0.416 e. The molecular formula is C13H9BrF3N3O. The number of anilines is 2. The fraction of sp³-hybridized carbons (Fsp3) is 0.0769. The molecule has 1 aromatic carbocycles. The summed E-state index contributed by atoms with van der Waals surface area (Å²) in [6, 6.07) is 6.83. The molecule has 8 heteroatoms. The second-order valence-electron chi connectivity index (χ2n) is 4.02. The van der Waals surface area contributed by atoms with Crippen LogP contribution in [0.5, 0.6) is 0 Å². The molecule has 2 rings (SSSR count). The topological polar surface area (TPSA) is 54.0 Å². The van der Waals surface area contributed by atoms with Crippen LogP contribution in [0.1, 0.15) is 5.56 Å². The second-order valence-corrected chi connectivity index (χ2v) is 4.93. The van der Waals surface area contributed by atoms with Crippen LogP contribution in [0, 0.1) is 0 Å². The van der Waals surface area contributed by atoms with Gasteiger partial charge in [0.2, 0.25) is 0 Å². The fourth-order valence-electron chi connectivity index (χ4n) is 1.47. The van der Waals surface area contributed by atoms with Gasteiger partial charge >= 0.3 is 12.2 Å². The Kier molecular flexibility index (Phi) is 4.46. The molecule has 2 aromatic rings. The van der Waals surface area contributed by atoms with E-state index in [1.807, 2.05) is 0 Å². The van der Waals surface area contributed by atoms with Crippen LogP contribution in [-0.4, -0.2) is 11.0 Å². The maximum Gasteiger partial charge on any atom is 0.416 e. The average molecular weight is 360 g/mol. The number of nitrogens with one attached hydrogen (secondary N) is 2. The molecule has 1 heterocycles. The van der Waals surface area contributed by atoms with E-state index < -0.39 is 17.8 Å². The lowest BCUT2D eigenvalue weighted by Gasteiger charge is -2.09. The lowest BCUT2D eigenvalue weighted by atomic mass is 10.2. The van der Waals surface area contributed by atoms with E-state index in [0.29, 0.717) is 5.82 Å². The summed E-state index contributed by atoms with van der Waals surface area (Å²) in [6.45, 7) is 0. The van der Waals surface area contributed by atoms with Crippen molar-refractivity contribution in [1.82, 2.24) is 4.98 Å². The molecule has 0 atom stereocenters. The summed E-state index contributed by atoms with van der Waals surface area (Å²) in [6.07, 6.45) is -2.89. The standard InChI is InChI=1S/C13H9BrF3N3O/c14-9-3-6-11(18-7-9)20-12(21)19-10-4-1-8(2-5-10)13(15,16)17/h1-7H,(H2,18,19,20,21). The molecule has 2 amide bonds. The number of alkyl halides is 3. The minimum atomic E-state index is -4.40. The van der Waals surface area contributed by atoms with Gasteiger partial charge in [0.1, 0.15) is 5.82 Å². The van der Waals surface area contributed by atoms with Crippen LogP contribution in [0.15, 0.2) is 47.1 Å². The normalized spacial score (nSPS) is 11.0. The van der Waals surface area contributed by atoms with Gasteiger partial charge in [0, 0.05) is 16.4 Å². The van der Waals surface area contributed by atoms with E-state index in [4.69, 9.17) is 0 Å². The van der Waals surface area contributed by atoms with Crippen LogP contribution in [0.3, 0.4) is 0 Å². The van der Waals surface area contributed by atoms with Gasteiger partial charge in [0.05, 0.1) is 5.56 Å². The molecule has 0 bridgehead atoms. The molecule has 0 saturated carbocycles. The molecule has 0 aliphatic heterocycles. The third-order valence-corrected chi connectivity index (χ3v) is 2.91. The van der Waals surface area contributed by atoms with Crippen molar-refractivity contribution in [2.75, 3.05) is 10.6 Å². The zero-order chi connectivity index (χ0) is 15.5. The van der Waals surface area contributed by atoms with Crippen molar-refractivity contribution in [2.45, 2.75) is 6.18 Å². The van der Waals surface area contributed by atoms with E-state index in [9.17, 15) is 18.0 Å². The molecule has 0 fully saturated rings. The highest BCUT2D eigenvalue weighted by Crippen LogP contribution is 2.29. The van der Waals surface area contributed by atoms with Gasteiger partial charge in [-0.3, -0.25) is 5.32 Å². The van der Waals surface area contributed by atoms with Crippen LogP contribution in [0.4, 0.5) is 29.5 Å². The quantitative estimate of drug-likeness (QED) is 0.828. The van der Waals surface area contributed by atoms with Crippen LogP contribution in [0.2, 0.25) is 0 Å². The van der Waals surface area contributed by atoms with Crippen molar-refractivity contribution in [3.8, 4) is 0 Å². The Labute approximate surface area is 126 Å². The highest BCUT2D eigenvalue weighted by atomic mass is 79.9. The molecule has 0 aliphatic carbocycles. The Bertz CT molecular complexity index is 627. The Morgan fingerprint density at radius 2 is 1.71 bits per heavy atom. The first-order valence-electron chi connectivity index (χ1n) is 5.71. The predicted octanol–water partition coefficient (Wildman–Crippen LogP) is 4.51. The summed E-state index contributed by atoms with van der Waals surface area (Å²) >= 11 is 3.21. The number of carbonyl (C=O) groups excluding carboxylic acids is 1. The van der Waals surface area contributed by atoms with E-state index in [1.165, 1.54) is 18.3 Å². The molecule has 0 saturated heterocycles. The average Bonchev–Trinajstić information content (AvgIpc) is 2.41. The predicted molar refractivity (Wildman–Crippen MR) is 76.0 cm³/mol. The van der Waals surface area contributed by atoms with Gasteiger partial charge in [0.15, 0.2) is 0 Å². The molecule has 21 heavy (non-hydrogen) atoms. The Hall–Kier alpha value is -2.09. The minimum Gasteiger partial charge on any atom is -0.308 e. The maximum absolute atomic E-state index is 12.4. The Morgan fingerprint density at radius 3 is 2.24 bits per heavy atom. The van der Waals surface area contributed by atoms with E-state index in [2.05, 4.69) is 31.5 Å². The van der Waals surface area contributed by atoms with E-state index in [0.717, 1.165) is 16.6 Å². The van der Waals surface area contributed by atoms with Crippen LogP contribution >= 0.6 is 15.9 Å². The highest BCUT2D eigenvalue weighted by Gasteiger charge is 2.29. The van der Waals surface area contributed by atoms with E-state index >= 15 is 0 Å². The van der Waals surface area contributed by atoms with Crippen molar-refractivity contribution in [2.24, 2.45) is 0 Å². The van der Waals surface area contributed by atoms with Gasteiger partial charge in [-0.05, 0) is 52.3 Å². The minimum absolute atomic E-state index is 0.248. The zero-order valence-corrected chi connectivity index (χ0v) is 12.0. The smallest absolute Gasteiger partial charge is 0.308 e. The van der Waals surface area contributed by atoms with Crippen molar-refractivity contribution in [3.63, 3.8) is 0 Å². The molecule has 0 unspecified atom stereocenters. The number of hydrogen-bond donors (Lipinski definition) is 2. The number of amides is 2. The molecular weight excluding hydrogens is 351 g/mol. The molecule has 4 nitrogen and oxygen atoms in total. The first-order chi connectivity index (χ1) is 9.84. The number of carbonyl (C=O) groups is 1. The van der Waals surface area contributed by atoms with Gasteiger partial charge in [-0.15, -0.1) is 0 Å². The van der Waals surface area contributed by atoms with Crippen LogP contribution in [0.25, 0.3) is 0 Å². The van der Waals surface area contributed by atoms with Crippen LogP contribution < -0.4 is 10.6 Å². The van der Waals surface area contributed by atoms with Gasteiger partial charge in [-0.1, -0.05) is 0 Å². The number of benzene rings is 1. The fourth-order valence-corrected chi connectivity index (χ4v) is 1.71. The number of aromatic nitrogens is 1. The second kappa shape index (κ2) is 6.13. The van der Waals surface area contributed by atoms with Gasteiger partial charge < -0.3 is 5.32 Å². The summed E-state index contributed by atoms with van der Waals surface area (Å²) in [5.41, 5.74) is -0.527. The van der Waals surface area contributed by atoms with Crippen LogP contribution in [-0.2, 0) is 6.18 Å². The van der Waals surface area contributed by atoms with E-state index in [-0.39, 0.29) is 5.69 Å². The summed E-state index contributed by atoms with van der Waals surface area (Å²) in [7, 11) is 0. The van der Waals surface area contributed by atoms with Crippen molar-refractivity contribution in [1.29, 1.82) is 0 Å². The van der Waals surface area contributed by atoms with Gasteiger partial charge in [-0.2, -0.15) is 13.2 Å². The van der Waals surface area contributed by atoms with Crippen molar-refractivity contribution >= 4 is 33.5 Å². The molecule has 0 radical (unpaired) electrons. The monoisotopic (exact) mass is 359 g/mol. The molecule has 0 aliphatic rings. The van der Waals surface area contributed by atoms with Crippen molar-refractivity contribution in [3.05, 3.63) is 52.6 Å². The lowest BCUT2D eigenvalue weighted by molar-refractivity contribution is -0.137. The maximum atomic E-state index is 12.4. The zero-order valence-electron chi connectivity index (χ0n) is 10.4. The Morgan fingerprint density at radius 1 is 1.05 bits per heavy atom. The number of hydrogen-bond acceptors (Lipinski definition) is 2. The Balaban J connectivity index is 1.98. The first-order valence-corrected chi connectivity index (χ1v) is 6.51. The third-order valence-electron chi connectivity index (χ3n) is 2.44. The summed E-state index contributed by atoms with van der Waals surface area (Å²) in [5, 5.41) is 4.87. The number of pyridine rings is 1. The highest BCUT2D eigenvalue weighted by molar-refractivity contribution is 9.10. The molecule has 1 aromatic heterocycles. The third kappa shape index (κ3) is 4.45. The first kappa shape index (κ1) is 15.3. The number of nitrogens with zero attached hydrogens (tertiary/aromatic N) is 1. The SMILES string of the molecule is O=C(Nc1ccc(C(F)(F)F)cc1)Nc1ccc(Br)cn1. The lowest BCUT2D eigenvalue weighted by Crippen LogP contribution is -2.20. The number of rotatable bonds is 2. The number of urea groups is 1.